The zero-order valence-corrected chi connectivity index (χ0v) is 12.3. The Hall–Kier alpha value is -1.39. The highest BCUT2D eigenvalue weighted by atomic mass is 16.5. The molecule has 0 spiro atoms. The lowest BCUT2D eigenvalue weighted by Crippen LogP contribution is -2.42. The first-order valence-electron chi connectivity index (χ1n) is 7.29. The van der Waals surface area contributed by atoms with Gasteiger partial charge in [0.15, 0.2) is 0 Å². The summed E-state index contributed by atoms with van der Waals surface area (Å²) in [6.45, 7) is 3.68. The summed E-state index contributed by atoms with van der Waals surface area (Å²) in [6, 6.07) is 8.51. The van der Waals surface area contributed by atoms with Gasteiger partial charge in [-0.3, -0.25) is 4.79 Å². The van der Waals surface area contributed by atoms with Gasteiger partial charge in [-0.15, -0.1) is 0 Å². The Labute approximate surface area is 120 Å². The SMILES string of the molecule is COCCNC(=O)C(C)NCc1ccc(C2CC2)cc1. The second-order valence-electron chi connectivity index (χ2n) is 5.40. The third kappa shape index (κ3) is 4.62. The van der Waals surface area contributed by atoms with Crippen LogP contribution in [0.2, 0.25) is 0 Å². The molecule has 4 heteroatoms. The number of ether oxygens (including phenoxy) is 1. The minimum atomic E-state index is -0.199. The molecule has 1 amide bonds. The summed E-state index contributed by atoms with van der Waals surface area (Å²) in [6.07, 6.45) is 2.66. The summed E-state index contributed by atoms with van der Waals surface area (Å²) in [5.74, 6) is 0.805. The highest BCUT2D eigenvalue weighted by molar-refractivity contribution is 5.81. The predicted octanol–water partition coefficient (Wildman–Crippen LogP) is 1.80. The van der Waals surface area contributed by atoms with E-state index >= 15 is 0 Å². The van der Waals surface area contributed by atoms with Crippen molar-refractivity contribution in [3.63, 3.8) is 0 Å². The van der Waals surface area contributed by atoms with E-state index < -0.39 is 0 Å². The maximum Gasteiger partial charge on any atom is 0.236 e. The first-order chi connectivity index (χ1) is 9.70. The summed E-state index contributed by atoms with van der Waals surface area (Å²) in [5.41, 5.74) is 2.66. The fourth-order valence-electron chi connectivity index (χ4n) is 2.12. The number of amides is 1. The van der Waals surface area contributed by atoms with Crippen molar-refractivity contribution < 1.29 is 9.53 Å². The van der Waals surface area contributed by atoms with E-state index in [1.165, 1.54) is 24.0 Å². The quantitative estimate of drug-likeness (QED) is 0.712. The van der Waals surface area contributed by atoms with E-state index in [0.29, 0.717) is 19.7 Å². The number of methoxy groups -OCH3 is 1. The number of benzene rings is 1. The fraction of sp³-hybridized carbons (Fsp3) is 0.562. The number of hydrogen-bond acceptors (Lipinski definition) is 3. The normalized spacial score (nSPS) is 15.9. The lowest BCUT2D eigenvalue weighted by atomic mass is 10.1. The van der Waals surface area contributed by atoms with E-state index in [4.69, 9.17) is 4.74 Å². The Morgan fingerprint density at radius 1 is 1.35 bits per heavy atom. The van der Waals surface area contributed by atoms with Crippen LogP contribution in [0.4, 0.5) is 0 Å². The number of nitrogens with one attached hydrogen (secondary N) is 2. The number of rotatable bonds is 8. The van der Waals surface area contributed by atoms with Crippen LogP contribution in [0.25, 0.3) is 0 Å². The molecule has 2 rings (SSSR count). The van der Waals surface area contributed by atoms with Crippen molar-refractivity contribution in [1.82, 2.24) is 10.6 Å². The lowest BCUT2D eigenvalue weighted by Gasteiger charge is -2.14. The van der Waals surface area contributed by atoms with E-state index in [2.05, 4.69) is 34.9 Å². The second-order valence-corrected chi connectivity index (χ2v) is 5.40. The topological polar surface area (TPSA) is 50.4 Å². The molecule has 0 aromatic heterocycles. The Kier molecular flexibility index (Phi) is 5.56. The highest BCUT2D eigenvalue weighted by Crippen LogP contribution is 2.39. The monoisotopic (exact) mass is 276 g/mol. The Morgan fingerprint density at radius 3 is 2.65 bits per heavy atom. The number of hydrogen-bond donors (Lipinski definition) is 2. The lowest BCUT2D eigenvalue weighted by molar-refractivity contribution is -0.122. The summed E-state index contributed by atoms with van der Waals surface area (Å²) >= 11 is 0. The van der Waals surface area contributed by atoms with Crippen molar-refractivity contribution in [2.45, 2.75) is 38.3 Å². The predicted molar refractivity (Wildman–Crippen MR) is 79.6 cm³/mol. The third-order valence-corrected chi connectivity index (χ3v) is 3.64. The van der Waals surface area contributed by atoms with Gasteiger partial charge < -0.3 is 15.4 Å². The van der Waals surface area contributed by atoms with Gasteiger partial charge in [0, 0.05) is 20.2 Å². The van der Waals surface area contributed by atoms with Crippen molar-refractivity contribution in [3.8, 4) is 0 Å². The van der Waals surface area contributed by atoms with Crippen LogP contribution in [0.1, 0.15) is 36.8 Å². The molecule has 110 valence electrons. The number of carbonyl (C=O) groups is 1. The zero-order chi connectivity index (χ0) is 14.4. The average Bonchev–Trinajstić information content (AvgIpc) is 3.30. The molecule has 4 nitrogen and oxygen atoms in total. The van der Waals surface area contributed by atoms with Gasteiger partial charge in [-0.05, 0) is 36.8 Å². The van der Waals surface area contributed by atoms with Crippen LogP contribution in [0.5, 0.6) is 0 Å². The molecular weight excluding hydrogens is 252 g/mol. The Balaban J connectivity index is 1.71. The molecule has 2 N–H and O–H groups in total. The van der Waals surface area contributed by atoms with Gasteiger partial charge in [0.1, 0.15) is 0 Å². The molecule has 0 heterocycles. The standard InChI is InChI=1S/C16H24N2O2/c1-12(16(19)17-9-10-20-2)18-11-13-3-5-14(6-4-13)15-7-8-15/h3-6,12,15,18H,7-11H2,1-2H3,(H,17,19). The molecule has 1 aromatic carbocycles. The van der Waals surface area contributed by atoms with Crippen LogP contribution in [-0.4, -0.2) is 32.2 Å². The van der Waals surface area contributed by atoms with E-state index in [9.17, 15) is 4.79 Å². The molecule has 1 aliphatic carbocycles. The second kappa shape index (κ2) is 7.41. The summed E-state index contributed by atoms with van der Waals surface area (Å²) in [4.78, 5) is 11.8. The molecule has 1 aliphatic rings. The van der Waals surface area contributed by atoms with E-state index in [0.717, 1.165) is 5.92 Å². The van der Waals surface area contributed by atoms with Crippen LogP contribution in [0.3, 0.4) is 0 Å². The third-order valence-electron chi connectivity index (χ3n) is 3.64. The van der Waals surface area contributed by atoms with E-state index in [1.807, 2.05) is 6.92 Å². The molecule has 0 bridgehead atoms. The van der Waals surface area contributed by atoms with Crippen molar-refractivity contribution in [1.29, 1.82) is 0 Å². The van der Waals surface area contributed by atoms with Gasteiger partial charge in [-0.2, -0.15) is 0 Å². The largest absolute Gasteiger partial charge is 0.383 e. The zero-order valence-electron chi connectivity index (χ0n) is 12.3. The molecule has 1 unspecified atom stereocenters. The average molecular weight is 276 g/mol. The van der Waals surface area contributed by atoms with Crippen LogP contribution in [-0.2, 0) is 16.1 Å². The molecular formula is C16H24N2O2. The molecule has 0 radical (unpaired) electrons. The molecule has 1 atom stereocenters. The van der Waals surface area contributed by atoms with Crippen LogP contribution in [0, 0.1) is 0 Å². The van der Waals surface area contributed by atoms with Crippen molar-refractivity contribution in [3.05, 3.63) is 35.4 Å². The fourth-order valence-corrected chi connectivity index (χ4v) is 2.12. The molecule has 0 saturated heterocycles. The summed E-state index contributed by atoms with van der Waals surface area (Å²) in [5, 5.41) is 6.06. The van der Waals surface area contributed by atoms with Crippen LogP contribution < -0.4 is 10.6 Å². The smallest absolute Gasteiger partial charge is 0.236 e. The van der Waals surface area contributed by atoms with Crippen molar-refractivity contribution in [2.24, 2.45) is 0 Å². The molecule has 1 fully saturated rings. The highest BCUT2D eigenvalue weighted by Gasteiger charge is 2.22. The first-order valence-corrected chi connectivity index (χ1v) is 7.29. The Morgan fingerprint density at radius 2 is 2.05 bits per heavy atom. The van der Waals surface area contributed by atoms with Gasteiger partial charge in [0.05, 0.1) is 12.6 Å². The molecule has 1 aromatic rings. The summed E-state index contributed by atoms with van der Waals surface area (Å²) in [7, 11) is 1.62. The minimum absolute atomic E-state index is 0.0108. The van der Waals surface area contributed by atoms with Gasteiger partial charge in [-0.25, -0.2) is 0 Å². The number of carbonyl (C=O) groups excluding carboxylic acids is 1. The maximum absolute atomic E-state index is 11.8. The van der Waals surface area contributed by atoms with Gasteiger partial charge in [0.2, 0.25) is 5.91 Å². The van der Waals surface area contributed by atoms with Crippen molar-refractivity contribution >= 4 is 5.91 Å². The van der Waals surface area contributed by atoms with Crippen LogP contribution in [0.15, 0.2) is 24.3 Å². The minimum Gasteiger partial charge on any atom is -0.383 e. The summed E-state index contributed by atoms with van der Waals surface area (Å²) < 4.78 is 4.90. The molecule has 1 saturated carbocycles. The first kappa shape index (κ1) is 15.0. The van der Waals surface area contributed by atoms with Crippen molar-refractivity contribution in [2.75, 3.05) is 20.3 Å². The van der Waals surface area contributed by atoms with Crippen LogP contribution >= 0.6 is 0 Å². The van der Waals surface area contributed by atoms with Gasteiger partial charge in [-0.1, -0.05) is 24.3 Å². The van der Waals surface area contributed by atoms with Gasteiger partial charge >= 0.3 is 0 Å². The molecule has 20 heavy (non-hydrogen) atoms. The Bertz CT molecular complexity index is 427. The maximum atomic E-state index is 11.8. The van der Waals surface area contributed by atoms with Gasteiger partial charge in [0.25, 0.3) is 0 Å². The van der Waals surface area contributed by atoms with E-state index in [-0.39, 0.29) is 11.9 Å². The van der Waals surface area contributed by atoms with E-state index in [1.54, 1.807) is 7.11 Å². The molecule has 0 aliphatic heterocycles.